The van der Waals surface area contributed by atoms with Crippen LogP contribution in [0.5, 0.6) is 0 Å². The van der Waals surface area contributed by atoms with Gasteiger partial charge in [0.2, 0.25) is 0 Å². The molecule has 0 radical (unpaired) electrons. The van der Waals surface area contributed by atoms with Gasteiger partial charge < -0.3 is 9.47 Å². The number of hydrogen-bond donors (Lipinski definition) is 0. The van der Waals surface area contributed by atoms with Gasteiger partial charge in [-0.05, 0) is 88.6 Å². The summed E-state index contributed by atoms with van der Waals surface area (Å²) in [4.78, 5) is 12.4. The molecule has 9 aromatic carbocycles. The third-order valence-corrected chi connectivity index (χ3v) is 11.2. The largest absolute Gasteiger partial charge is 0.310 e. The van der Waals surface area contributed by atoms with Crippen LogP contribution in [0.15, 0.2) is 218 Å². The fourth-order valence-corrected chi connectivity index (χ4v) is 8.35. The third-order valence-electron chi connectivity index (χ3n) is 11.2. The number of benzene rings is 9. The zero-order valence-corrected chi connectivity index (χ0v) is 31.6. The van der Waals surface area contributed by atoms with Crippen molar-refractivity contribution in [1.29, 1.82) is 0 Å². The summed E-state index contributed by atoms with van der Waals surface area (Å²) >= 11 is 0. The standard InChI is InChI=1S/C54H36N4/c1-3-14-39(15-4-1)53-49-20-9-11-21-50(49)55-54(56-53)40-25-23-38(24-26-40)42-28-34-48-47-19-10-12-22-51(47)58(52(48)36-42)45-32-30-44(31-33-45)57(43-17-5-2-6-18-43)46-29-27-37-13-7-8-16-41(37)35-46/h1-36H. The van der Waals surface area contributed by atoms with Gasteiger partial charge in [0.1, 0.15) is 0 Å². The van der Waals surface area contributed by atoms with Crippen molar-refractivity contribution in [3.8, 4) is 39.5 Å². The van der Waals surface area contributed by atoms with Crippen molar-refractivity contribution in [2.45, 2.75) is 0 Å². The van der Waals surface area contributed by atoms with Crippen LogP contribution in [0.4, 0.5) is 17.1 Å². The molecule has 4 nitrogen and oxygen atoms in total. The van der Waals surface area contributed by atoms with Gasteiger partial charge in [0.15, 0.2) is 5.82 Å². The van der Waals surface area contributed by atoms with Gasteiger partial charge in [0.25, 0.3) is 0 Å². The molecule has 0 N–H and O–H groups in total. The summed E-state index contributed by atoms with van der Waals surface area (Å²) in [6, 6.07) is 77.5. The molecule has 0 spiro atoms. The van der Waals surface area contributed by atoms with Crippen molar-refractivity contribution in [1.82, 2.24) is 14.5 Å². The quantitative estimate of drug-likeness (QED) is 0.163. The molecule has 272 valence electrons. The second-order valence-electron chi connectivity index (χ2n) is 14.7. The van der Waals surface area contributed by atoms with Gasteiger partial charge in [-0.25, -0.2) is 9.97 Å². The van der Waals surface area contributed by atoms with E-state index in [-0.39, 0.29) is 0 Å². The zero-order valence-electron chi connectivity index (χ0n) is 31.6. The molecule has 0 aliphatic heterocycles. The Morgan fingerprint density at radius 3 is 1.76 bits per heavy atom. The second kappa shape index (κ2) is 14.0. The Bertz CT molecular complexity index is 3260. The molecule has 0 bridgehead atoms. The van der Waals surface area contributed by atoms with E-state index in [4.69, 9.17) is 9.97 Å². The van der Waals surface area contributed by atoms with E-state index in [1.165, 1.54) is 27.1 Å². The monoisotopic (exact) mass is 740 g/mol. The summed E-state index contributed by atoms with van der Waals surface area (Å²) < 4.78 is 2.39. The minimum absolute atomic E-state index is 0.717. The first-order chi connectivity index (χ1) is 28.7. The fourth-order valence-electron chi connectivity index (χ4n) is 8.35. The van der Waals surface area contributed by atoms with Gasteiger partial charge in [0.05, 0.1) is 22.2 Å². The predicted molar refractivity (Wildman–Crippen MR) is 242 cm³/mol. The van der Waals surface area contributed by atoms with Gasteiger partial charge in [-0.15, -0.1) is 0 Å². The average molecular weight is 741 g/mol. The zero-order chi connectivity index (χ0) is 38.4. The Kier molecular flexibility index (Phi) is 8.11. The molecule has 2 heterocycles. The van der Waals surface area contributed by atoms with Gasteiger partial charge in [0, 0.05) is 50.0 Å². The van der Waals surface area contributed by atoms with Gasteiger partial charge in [-0.2, -0.15) is 0 Å². The van der Waals surface area contributed by atoms with E-state index >= 15 is 0 Å². The number of anilines is 3. The number of fused-ring (bicyclic) bond motifs is 5. The van der Waals surface area contributed by atoms with Crippen LogP contribution in [0.25, 0.3) is 82.9 Å². The van der Waals surface area contributed by atoms with Gasteiger partial charge in [-0.3, -0.25) is 0 Å². The van der Waals surface area contributed by atoms with Crippen molar-refractivity contribution < 1.29 is 0 Å². The summed E-state index contributed by atoms with van der Waals surface area (Å²) in [6.07, 6.45) is 0. The highest BCUT2D eigenvalue weighted by Crippen LogP contribution is 2.39. The number of rotatable bonds is 7. The molecule has 11 aromatic rings. The van der Waals surface area contributed by atoms with Crippen molar-refractivity contribution in [2.24, 2.45) is 0 Å². The first-order valence-electron chi connectivity index (χ1n) is 19.7. The Morgan fingerprint density at radius 2 is 0.948 bits per heavy atom. The highest BCUT2D eigenvalue weighted by molar-refractivity contribution is 6.10. The minimum Gasteiger partial charge on any atom is -0.310 e. The van der Waals surface area contributed by atoms with Crippen molar-refractivity contribution in [2.75, 3.05) is 4.90 Å². The normalized spacial score (nSPS) is 11.4. The number of nitrogens with zero attached hydrogens (tertiary/aromatic N) is 4. The number of para-hydroxylation sites is 3. The summed E-state index contributed by atoms with van der Waals surface area (Å²) in [5, 5.41) is 5.94. The summed E-state index contributed by atoms with van der Waals surface area (Å²) in [7, 11) is 0. The molecular weight excluding hydrogens is 705 g/mol. The number of hydrogen-bond acceptors (Lipinski definition) is 3. The highest BCUT2D eigenvalue weighted by Gasteiger charge is 2.17. The molecule has 0 unspecified atom stereocenters. The van der Waals surface area contributed by atoms with Gasteiger partial charge >= 0.3 is 0 Å². The molecule has 2 aromatic heterocycles. The molecule has 0 saturated carbocycles. The maximum absolute atomic E-state index is 5.10. The topological polar surface area (TPSA) is 34.0 Å². The summed E-state index contributed by atoms with van der Waals surface area (Å²) in [5.41, 5.74) is 13.0. The van der Waals surface area contributed by atoms with Crippen LogP contribution < -0.4 is 4.90 Å². The molecular formula is C54H36N4. The predicted octanol–water partition coefficient (Wildman–Crippen LogP) is 14.4. The molecule has 58 heavy (non-hydrogen) atoms. The van der Waals surface area contributed by atoms with Crippen LogP contribution in [-0.4, -0.2) is 14.5 Å². The lowest BCUT2D eigenvalue weighted by Gasteiger charge is -2.26. The fraction of sp³-hybridized carbons (Fsp3) is 0. The van der Waals surface area contributed by atoms with E-state index in [0.717, 1.165) is 72.9 Å². The Morgan fingerprint density at radius 1 is 0.345 bits per heavy atom. The summed E-state index contributed by atoms with van der Waals surface area (Å²) in [6.45, 7) is 0. The first kappa shape index (κ1) is 33.5. The molecule has 4 heteroatoms. The molecule has 0 aliphatic rings. The molecule has 0 atom stereocenters. The van der Waals surface area contributed by atoms with Crippen LogP contribution in [0.1, 0.15) is 0 Å². The maximum atomic E-state index is 5.10. The van der Waals surface area contributed by atoms with Gasteiger partial charge in [-0.1, -0.05) is 152 Å². The van der Waals surface area contributed by atoms with E-state index in [1.54, 1.807) is 0 Å². The lowest BCUT2D eigenvalue weighted by atomic mass is 10.0. The van der Waals surface area contributed by atoms with Crippen LogP contribution in [-0.2, 0) is 0 Å². The highest BCUT2D eigenvalue weighted by atomic mass is 15.1. The molecule has 0 amide bonds. The molecule has 0 aliphatic carbocycles. The second-order valence-corrected chi connectivity index (χ2v) is 14.7. The molecule has 0 saturated heterocycles. The van der Waals surface area contributed by atoms with E-state index in [9.17, 15) is 0 Å². The molecule has 11 rings (SSSR count). The van der Waals surface area contributed by atoms with E-state index in [0.29, 0.717) is 0 Å². The van der Waals surface area contributed by atoms with Crippen LogP contribution in [0, 0.1) is 0 Å². The Hall–Kier alpha value is -7.82. The van der Waals surface area contributed by atoms with Crippen molar-refractivity contribution >= 4 is 60.5 Å². The smallest absolute Gasteiger partial charge is 0.160 e. The number of aromatic nitrogens is 3. The molecule has 0 fully saturated rings. The van der Waals surface area contributed by atoms with Crippen molar-refractivity contribution in [3.63, 3.8) is 0 Å². The Balaban J connectivity index is 0.978. The van der Waals surface area contributed by atoms with Crippen LogP contribution in [0.2, 0.25) is 0 Å². The Labute approximate surface area is 336 Å². The average Bonchev–Trinajstić information content (AvgIpc) is 3.63. The third kappa shape index (κ3) is 5.87. The van der Waals surface area contributed by atoms with Crippen LogP contribution in [0.3, 0.4) is 0 Å². The van der Waals surface area contributed by atoms with Crippen molar-refractivity contribution in [3.05, 3.63) is 218 Å². The SMILES string of the molecule is c1ccc(-c2nc(-c3ccc(-c4ccc5c6ccccc6n(-c6ccc(N(c7ccccc7)c7ccc8ccccc8c7)cc6)c5c4)cc3)nc3ccccc23)cc1. The van der Waals surface area contributed by atoms with E-state index < -0.39 is 0 Å². The van der Waals surface area contributed by atoms with E-state index in [2.05, 4.69) is 210 Å². The van der Waals surface area contributed by atoms with E-state index in [1.807, 2.05) is 18.2 Å². The maximum Gasteiger partial charge on any atom is 0.160 e. The minimum atomic E-state index is 0.717. The lowest BCUT2D eigenvalue weighted by molar-refractivity contribution is 1.17. The summed E-state index contributed by atoms with van der Waals surface area (Å²) in [5.74, 6) is 0.717. The first-order valence-corrected chi connectivity index (χ1v) is 19.7. The lowest BCUT2D eigenvalue weighted by Crippen LogP contribution is -2.10. The van der Waals surface area contributed by atoms with Crippen LogP contribution >= 0.6 is 0 Å².